The van der Waals surface area contributed by atoms with E-state index in [1.54, 1.807) is 0 Å². The third-order valence-electron chi connectivity index (χ3n) is 4.68. The predicted molar refractivity (Wildman–Crippen MR) is 77.0 cm³/mol. The molecule has 0 unspecified atom stereocenters. The van der Waals surface area contributed by atoms with Gasteiger partial charge in [-0.3, -0.25) is 0 Å². The lowest BCUT2D eigenvalue weighted by Crippen LogP contribution is -2.43. The monoisotopic (exact) mass is 274 g/mol. The van der Waals surface area contributed by atoms with Crippen molar-refractivity contribution in [1.29, 1.82) is 0 Å². The van der Waals surface area contributed by atoms with Gasteiger partial charge in [-0.25, -0.2) is 4.79 Å². The van der Waals surface area contributed by atoms with Crippen molar-refractivity contribution in [2.45, 2.75) is 25.9 Å². The van der Waals surface area contributed by atoms with Crippen LogP contribution >= 0.6 is 0 Å². The third kappa shape index (κ3) is 2.66. The normalized spacial score (nSPS) is 28.4. The van der Waals surface area contributed by atoms with Crippen molar-refractivity contribution in [3.05, 3.63) is 35.9 Å². The number of nitrogens with zero attached hydrogens (tertiary/aromatic N) is 1. The lowest BCUT2D eigenvalue weighted by atomic mass is 9.61. The molecule has 1 aromatic rings. The summed E-state index contributed by atoms with van der Waals surface area (Å²) in [4.78, 5) is 13.9. The van der Waals surface area contributed by atoms with Gasteiger partial charge in [0.1, 0.15) is 6.61 Å². The first-order valence-electron chi connectivity index (χ1n) is 7.36. The minimum Gasteiger partial charge on any atom is -0.445 e. The van der Waals surface area contributed by atoms with E-state index in [-0.39, 0.29) is 6.09 Å². The van der Waals surface area contributed by atoms with E-state index in [4.69, 9.17) is 10.5 Å². The van der Waals surface area contributed by atoms with Gasteiger partial charge in [-0.15, -0.1) is 0 Å². The van der Waals surface area contributed by atoms with Crippen LogP contribution in [0.5, 0.6) is 0 Å². The van der Waals surface area contributed by atoms with Crippen molar-refractivity contribution in [3.8, 4) is 0 Å². The summed E-state index contributed by atoms with van der Waals surface area (Å²) in [7, 11) is 0. The summed E-state index contributed by atoms with van der Waals surface area (Å²) in [6.45, 7) is 2.80. The first kappa shape index (κ1) is 13.4. The molecular formula is C16H22N2O2. The van der Waals surface area contributed by atoms with Gasteiger partial charge in [0.25, 0.3) is 0 Å². The number of hydrogen-bond acceptors (Lipinski definition) is 3. The number of rotatable bonds is 3. The number of nitrogens with two attached hydrogens (primary N) is 1. The largest absolute Gasteiger partial charge is 0.445 e. The van der Waals surface area contributed by atoms with E-state index in [2.05, 4.69) is 0 Å². The van der Waals surface area contributed by atoms with Crippen LogP contribution in [0.4, 0.5) is 4.79 Å². The molecule has 1 spiro atoms. The van der Waals surface area contributed by atoms with Crippen LogP contribution in [0, 0.1) is 11.3 Å². The molecule has 1 heterocycles. The SMILES string of the molecule is NCC1CC2(CCN(C(=O)OCc3ccccc3)C2)C1. The maximum Gasteiger partial charge on any atom is 0.410 e. The number of ether oxygens (including phenoxy) is 1. The molecule has 1 saturated heterocycles. The zero-order valence-corrected chi connectivity index (χ0v) is 11.8. The minimum absolute atomic E-state index is 0.179. The van der Waals surface area contributed by atoms with Crippen molar-refractivity contribution in [2.24, 2.45) is 17.1 Å². The first-order chi connectivity index (χ1) is 9.71. The van der Waals surface area contributed by atoms with Crippen LogP contribution in [0.15, 0.2) is 30.3 Å². The molecule has 0 aromatic heterocycles. The summed E-state index contributed by atoms with van der Waals surface area (Å²) in [5, 5.41) is 0. The van der Waals surface area contributed by atoms with Crippen LogP contribution in [0.3, 0.4) is 0 Å². The quantitative estimate of drug-likeness (QED) is 0.920. The zero-order chi connectivity index (χ0) is 14.0. The fourth-order valence-corrected chi connectivity index (χ4v) is 3.57. The summed E-state index contributed by atoms with van der Waals surface area (Å²) in [6.07, 6.45) is 3.27. The van der Waals surface area contributed by atoms with Gasteiger partial charge in [-0.2, -0.15) is 0 Å². The maximum atomic E-state index is 12.1. The Morgan fingerprint density at radius 1 is 1.35 bits per heavy atom. The standard InChI is InChI=1S/C16H22N2O2/c17-10-14-8-16(9-14)6-7-18(12-16)15(19)20-11-13-4-2-1-3-5-13/h1-5,14H,6-12,17H2. The summed E-state index contributed by atoms with van der Waals surface area (Å²) in [5.74, 6) is 0.662. The second kappa shape index (κ2) is 5.44. The number of carbonyl (C=O) groups excluding carboxylic acids is 1. The average molecular weight is 274 g/mol. The molecule has 108 valence electrons. The van der Waals surface area contributed by atoms with E-state index in [0.29, 0.717) is 17.9 Å². The predicted octanol–water partition coefficient (Wildman–Crippen LogP) is 2.38. The fraction of sp³-hybridized carbons (Fsp3) is 0.562. The molecule has 0 atom stereocenters. The molecule has 4 nitrogen and oxygen atoms in total. The van der Waals surface area contributed by atoms with E-state index in [1.807, 2.05) is 35.2 Å². The molecule has 2 N–H and O–H groups in total. The van der Waals surface area contributed by atoms with Gasteiger partial charge in [0.2, 0.25) is 0 Å². The highest BCUT2D eigenvalue weighted by Crippen LogP contribution is 2.51. The smallest absolute Gasteiger partial charge is 0.410 e. The van der Waals surface area contributed by atoms with Crippen molar-refractivity contribution < 1.29 is 9.53 Å². The van der Waals surface area contributed by atoms with Gasteiger partial charge in [0.05, 0.1) is 0 Å². The number of amides is 1. The van der Waals surface area contributed by atoms with Gasteiger partial charge in [0.15, 0.2) is 0 Å². The molecular weight excluding hydrogens is 252 g/mol. The Morgan fingerprint density at radius 2 is 2.10 bits per heavy atom. The molecule has 0 radical (unpaired) electrons. The molecule has 1 saturated carbocycles. The Kier molecular flexibility index (Phi) is 3.66. The average Bonchev–Trinajstić information content (AvgIpc) is 2.89. The molecule has 2 aliphatic rings. The van der Waals surface area contributed by atoms with Crippen molar-refractivity contribution >= 4 is 6.09 Å². The van der Waals surface area contributed by atoms with E-state index < -0.39 is 0 Å². The molecule has 2 fully saturated rings. The lowest BCUT2D eigenvalue weighted by Gasteiger charge is -2.44. The number of hydrogen-bond donors (Lipinski definition) is 1. The molecule has 1 aliphatic heterocycles. The fourth-order valence-electron chi connectivity index (χ4n) is 3.57. The van der Waals surface area contributed by atoms with Crippen LogP contribution in [0.2, 0.25) is 0 Å². The molecule has 0 bridgehead atoms. The maximum absolute atomic E-state index is 12.1. The molecule has 3 rings (SSSR count). The Hall–Kier alpha value is -1.55. The highest BCUT2D eigenvalue weighted by Gasteiger charge is 2.49. The van der Waals surface area contributed by atoms with Crippen LogP contribution in [0.1, 0.15) is 24.8 Å². The summed E-state index contributed by atoms with van der Waals surface area (Å²) < 4.78 is 5.39. The van der Waals surface area contributed by atoms with Gasteiger partial charge in [-0.1, -0.05) is 30.3 Å². The summed E-state index contributed by atoms with van der Waals surface area (Å²) in [5.41, 5.74) is 7.06. The first-order valence-corrected chi connectivity index (χ1v) is 7.36. The summed E-state index contributed by atoms with van der Waals surface area (Å²) in [6, 6.07) is 9.80. The van der Waals surface area contributed by atoms with Crippen molar-refractivity contribution in [3.63, 3.8) is 0 Å². The van der Waals surface area contributed by atoms with Gasteiger partial charge < -0.3 is 15.4 Å². The van der Waals surface area contributed by atoms with Crippen LogP contribution < -0.4 is 5.73 Å². The molecule has 4 heteroatoms. The molecule has 1 aliphatic carbocycles. The number of carbonyl (C=O) groups is 1. The van der Waals surface area contributed by atoms with E-state index in [0.717, 1.165) is 31.6 Å². The second-order valence-electron chi connectivity index (χ2n) is 6.22. The number of benzene rings is 1. The zero-order valence-electron chi connectivity index (χ0n) is 11.8. The van der Waals surface area contributed by atoms with Gasteiger partial charge in [-0.05, 0) is 42.7 Å². The van der Waals surface area contributed by atoms with E-state index >= 15 is 0 Å². The lowest BCUT2D eigenvalue weighted by molar-refractivity contribution is 0.0587. The molecule has 1 amide bonds. The minimum atomic E-state index is -0.179. The van der Waals surface area contributed by atoms with Crippen molar-refractivity contribution in [1.82, 2.24) is 4.90 Å². The Balaban J connectivity index is 1.47. The number of likely N-dealkylation sites (tertiary alicyclic amines) is 1. The van der Waals surface area contributed by atoms with Crippen molar-refractivity contribution in [2.75, 3.05) is 19.6 Å². The summed E-state index contributed by atoms with van der Waals surface area (Å²) >= 11 is 0. The van der Waals surface area contributed by atoms with Crippen LogP contribution in [-0.2, 0) is 11.3 Å². The highest BCUT2D eigenvalue weighted by molar-refractivity contribution is 5.68. The van der Waals surface area contributed by atoms with Crippen LogP contribution in [0.25, 0.3) is 0 Å². The topological polar surface area (TPSA) is 55.6 Å². The van der Waals surface area contributed by atoms with Gasteiger partial charge >= 0.3 is 6.09 Å². The van der Waals surface area contributed by atoms with Gasteiger partial charge in [0, 0.05) is 13.1 Å². The molecule has 1 aromatic carbocycles. The van der Waals surface area contributed by atoms with Crippen LogP contribution in [-0.4, -0.2) is 30.6 Å². The van der Waals surface area contributed by atoms with E-state index in [1.165, 1.54) is 12.8 Å². The Labute approximate surface area is 119 Å². The second-order valence-corrected chi connectivity index (χ2v) is 6.22. The molecule has 20 heavy (non-hydrogen) atoms. The third-order valence-corrected chi connectivity index (χ3v) is 4.68. The Bertz CT molecular complexity index is 469. The van der Waals surface area contributed by atoms with E-state index in [9.17, 15) is 4.79 Å². The Morgan fingerprint density at radius 3 is 2.80 bits per heavy atom. The highest BCUT2D eigenvalue weighted by atomic mass is 16.6.